The molecule has 0 spiro atoms. The first kappa shape index (κ1) is 12.7. The molecular formula is C15H20O. The van der Waals surface area contributed by atoms with Crippen LogP contribution in [-0.4, -0.2) is 5.78 Å². The first-order chi connectivity index (χ1) is 7.60. The maximum atomic E-state index is 12.1. The molecule has 0 N–H and O–H groups in total. The second kappa shape index (κ2) is 5.64. The average Bonchev–Trinajstić information content (AvgIpc) is 2.29. The lowest BCUT2D eigenvalue weighted by atomic mass is 9.98. The van der Waals surface area contributed by atoms with Crippen LogP contribution in [0.4, 0.5) is 0 Å². The largest absolute Gasteiger partial charge is 0.289 e. The molecule has 0 aromatic heterocycles. The van der Waals surface area contributed by atoms with Crippen LogP contribution < -0.4 is 0 Å². The molecule has 1 rings (SSSR count). The molecule has 0 heterocycles. The van der Waals surface area contributed by atoms with Crippen LogP contribution in [0.25, 0.3) is 0 Å². The molecule has 0 aliphatic carbocycles. The minimum absolute atomic E-state index is 0.139. The average molecular weight is 216 g/mol. The van der Waals surface area contributed by atoms with Crippen molar-refractivity contribution in [2.75, 3.05) is 0 Å². The predicted molar refractivity (Wildman–Crippen MR) is 68.9 cm³/mol. The lowest BCUT2D eigenvalue weighted by Crippen LogP contribution is -2.00. The van der Waals surface area contributed by atoms with Crippen LogP contribution in [0.5, 0.6) is 0 Å². The summed E-state index contributed by atoms with van der Waals surface area (Å²) >= 11 is 0. The molecule has 1 aromatic rings. The Labute approximate surface area is 98.2 Å². The van der Waals surface area contributed by atoms with Crippen LogP contribution in [0.2, 0.25) is 0 Å². The molecule has 0 aliphatic rings. The number of ketones is 1. The molecule has 0 bridgehead atoms. The summed E-state index contributed by atoms with van der Waals surface area (Å²) in [6, 6.07) is 5.89. The number of aryl methyl sites for hydroxylation is 1. The minimum Gasteiger partial charge on any atom is -0.289 e. The quantitative estimate of drug-likeness (QED) is 0.543. The van der Waals surface area contributed by atoms with E-state index in [1.165, 1.54) is 11.1 Å². The minimum atomic E-state index is 0.139. The van der Waals surface area contributed by atoms with Gasteiger partial charge in [0, 0.05) is 5.56 Å². The van der Waals surface area contributed by atoms with Gasteiger partial charge in [0.05, 0.1) is 0 Å². The maximum absolute atomic E-state index is 12.1. The van der Waals surface area contributed by atoms with Crippen molar-refractivity contribution in [1.29, 1.82) is 0 Å². The van der Waals surface area contributed by atoms with Crippen molar-refractivity contribution in [3.63, 3.8) is 0 Å². The Kier molecular flexibility index (Phi) is 4.48. The van der Waals surface area contributed by atoms with Gasteiger partial charge in [-0.1, -0.05) is 37.6 Å². The first-order valence-corrected chi connectivity index (χ1v) is 5.90. The molecule has 0 fully saturated rings. The molecule has 1 aromatic carbocycles. The Morgan fingerprint density at radius 1 is 1.19 bits per heavy atom. The summed E-state index contributed by atoms with van der Waals surface area (Å²) in [7, 11) is 0. The number of allylic oxidation sites excluding steroid dienone is 2. The van der Waals surface area contributed by atoms with Gasteiger partial charge in [-0.3, -0.25) is 4.79 Å². The molecule has 1 heteroatoms. The number of hydrogen-bond acceptors (Lipinski definition) is 1. The van der Waals surface area contributed by atoms with Crippen LogP contribution in [0.1, 0.15) is 48.2 Å². The van der Waals surface area contributed by atoms with E-state index >= 15 is 0 Å². The Morgan fingerprint density at radius 2 is 1.81 bits per heavy atom. The van der Waals surface area contributed by atoms with Crippen LogP contribution in [0.3, 0.4) is 0 Å². The van der Waals surface area contributed by atoms with E-state index in [1.807, 2.05) is 32.0 Å². The van der Waals surface area contributed by atoms with E-state index in [4.69, 9.17) is 0 Å². The number of carbonyl (C=O) groups excluding carboxylic acids is 1. The van der Waals surface area contributed by atoms with Gasteiger partial charge in [-0.15, -0.1) is 0 Å². The summed E-state index contributed by atoms with van der Waals surface area (Å²) in [5.41, 5.74) is 4.31. The number of rotatable bonds is 4. The molecule has 0 amide bonds. The van der Waals surface area contributed by atoms with E-state index in [2.05, 4.69) is 13.8 Å². The highest BCUT2D eigenvalue weighted by molar-refractivity contribution is 6.06. The van der Waals surface area contributed by atoms with Crippen molar-refractivity contribution in [3.05, 3.63) is 46.5 Å². The zero-order valence-corrected chi connectivity index (χ0v) is 10.6. The van der Waals surface area contributed by atoms with Crippen LogP contribution >= 0.6 is 0 Å². The molecule has 0 atom stereocenters. The molecule has 0 saturated heterocycles. The third-order valence-electron chi connectivity index (χ3n) is 3.11. The van der Waals surface area contributed by atoms with Gasteiger partial charge < -0.3 is 0 Å². The highest BCUT2D eigenvalue weighted by atomic mass is 16.1. The van der Waals surface area contributed by atoms with Gasteiger partial charge in [-0.25, -0.2) is 0 Å². The fourth-order valence-corrected chi connectivity index (χ4v) is 1.74. The Balaban J connectivity index is 3.06. The predicted octanol–water partition coefficient (Wildman–Crippen LogP) is 4.23. The number of benzene rings is 1. The van der Waals surface area contributed by atoms with Crippen LogP contribution in [0, 0.1) is 13.8 Å². The third-order valence-corrected chi connectivity index (χ3v) is 3.11. The molecule has 0 saturated carbocycles. The van der Waals surface area contributed by atoms with Crippen molar-refractivity contribution in [2.24, 2.45) is 0 Å². The molecule has 1 nitrogen and oxygen atoms in total. The molecule has 0 unspecified atom stereocenters. The second-order valence-corrected chi connectivity index (χ2v) is 4.12. The highest BCUT2D eigenvalue weighted by Gasteiger charge is 2.08. The number of hydrogen-bond donors (Lipinski definition) is 0. The number of carbonyl (C=O) groups is 1. The normalized spacial score (nSPS) is 10.0. The smallest absolute Gasteiger partial charge is 0.186 e. The van der Waals surface area contributed by atoms with E-state index in [0.717, 1.165) is 24.0 Å². The van der Waals surface area contributed by atoms with E-state index in [1.54, 1.807) is 6.08 Å². The first-order valence-electron chi connectivity index (χ1n) is 5.90. The molecule has 0 radical (unpaired) electrons. The van der Waals surface area contributed by atoms with Gasteiger partial charge in [0.2, 0.25) is 0 Å². The Hall–Kier alpha value is -1.37. The SMILES string of the molecule is CCC(=CC(=O)c1cccc(C)c1C)CC. The van der Waals surface area contributed by atoms with Crippen LogP contribution in [0.15, 0.2) is 29.8 Å². The van der Waals surface area contributed by atoms with Gasteiger partial charge >= 0.3 is 0 Å². The third kappa shape index (κ3) is 2.82. The summed E-state index contributed by atoms with van der Waals surface area (Å²) in [6.45, 7) is 8.22. The summed E-state index contributed by atoms with van der Waals surface area (Å²) < 4.78 is 0. The van der Waals surface area contributed by atoms with Crippen molar-refractivity contribution < 1.29 is 4.79 Å². The maximum Gasteiger partial charge on any atom is 0.186 e. The van der Waals surface area contributed by atoms with E-state index < -0.39 is 0 Å². The monoisotopic (exact) mass is 216 g/mol. The van der Waals surface area contributed by atoms with E-state index in [9.17, 15) is 4.79 Å². The zero-order valence-electron chi connectivity index (χ0n) is 10.6. The van der Waals surface area contributed by atoms with Crippen LogP contribution in [-0.2, 0) is 0 Å². The van der Waals surface area contributed by atoms with Gasteiger partial charge in [0.25, 0.3) is 0 Å². The molecular weight excluding hydrogens is 196 g/mol. The standard InChI is InChI=1S/C15H20O/c1-5-13(6-2)10-15(16)14-9-7-8-11(3)12(14)4/h7-10H,5-6H2,1-4H3. The van der Waals surface area contributed by atoms with Gasteiger partial charge in [-0.05, 0) is 43.9 Å². The zero-order chi connectivity index (χ0) is 12.1. The van der Waals surface area contributed by atoms with E-state index in [0.29, 0.717) is 0 Å². The lowest BCUT2D eigenvalue weighted by molar-refractivity contribution is 0.104. The van der Waals surface area contributed by atoms with Crippen molar-refractivity contribution in [3.8, 4) is 0 Å². The Morgan fingerprint density at radius 3 is 2.38 bits per heavy atom. The molecule has 16 heavy (non-hydrogen) atoms. The second-order valence-electron chi connectivity index (χ2n) is 4.12. The van der Waals surface area contributed by atoms with Gasteiger partial charge in [0.1, 0.15) is 0 Å². The van der Waals surface area contributed by atoms with Crippen molar-refractivity contribution in [1.82, 2.24) is 0 Å². The van der Waals surface area contributed by atoms with Gasteiger partial charge in [-0.2, -0.15) is 0 Å². The lowest BCUT2D eigenvalue weighted by Gasteiger charge is -2.06. The van der Waals surface area contributed by atoms with Gasteiger partial charge in [0.15, 0.2) is 5.78 Å². The van der Waals surface area contributed by atoms with Crippen molar-refractivity contribution >= 4 is 5.78 Å². The van der Waals surface area contributed by atoms with Crippen molar-refractivity contribution in [2.45, 2.75) is 40.5 Å². The summed E-state index contributed by atoms with van der Waals surface area (Å²) in [5, 5.41) is 0. The molecule has 0 aliphatic heterocycles. The summed E-state index contributed by atoms with van der Waals surface area (Å²) in [5.74, 6) is 0.139. The molecule has 86 valence electrons. The summed E-state index contributed by atoms with van der Waals surface area (Å²) in [6.07, 6.45) is 3.70. The van der Waals surface area contributed by atoms with E-state index in [-0.39, 0.29) is 5.78 Å². The Bertz CT molecular complexity index is 407. The fraction of sp³-hybridized carbons (Fsp3) is 0.400. The fourth-order valence-electron chi connectivity index (χ4n) is 1.74. The topological polar surface area (TPSA) is 17.1 Å². The summed E-state index contributed by atoms with van der Waals surface area (Å²) in [4.78, 5) is 12.1. The highest BCUT2D eigenvalue weighted by Crippen LogP contribution is 2.15.